The molecular formula is C21H29N3O2. The van der Waals surface area contributed by atoms with Crippen LogP contribution < -0.4 is 0 Å². The molecule has 0 bridgehead atoms. The van der Waals surface area contributed by atoms with E-state index in [9.17, 15) is 4.79 Å². The van der Waals surface area contributed by atoms with E-state index in [1.807, 2.05) is 36.2 Å². The molecule has 2 aromatic rings. The second-order valence-electron chi connectivity index (χ2n) is 7.55. The molecular weight excluding hydrogens is 326 g/mol. The van der Waals surface area contributed by atoms with Crippen LogP contribution in [0.25, 0.3) is 0 Å². The van der Waals surface area contributed by atoms with Crippen LogP contribution in [0.4, 0.5) is 0 Å². The fourth-order valence-corrected chi connectivity index (χ4v) is 3.45. The van der Waals surface area contributed by atoms with Crippen molar-refractivity contribution in [2.75, 3.05) is 13.1 Å². The summed E-state index contributed by atoms with van der Waals surface area (Å²) < 4.78 is 7.77. The van der Waals surface area contributed by atoms with Crippen LogP contribution in [0.15, 0.2) is 36.4 Å². The van der Waals surface area contributed by atoms with E-state index < -0.39 is 0 Å². The Morgan fingerprint density at radius 1 is 1.31 bits per heavy atom. The third kappa shape index (κ3) is 4.73. The zero-order valence-corrected chi connectivity index (χ0v) is 16.0. The van der Waals surface area contributed by atoms with Gasteiger partial charge in [0.1, 0.15) is 5.69 Å². The van der Waals surface area contributed by atoms with Gasteiger partial charge in [0.05, 0.1) is 18.4 Å². The minimum Gasteiger partial charge on any atom is -0.372 e. The summed E-state index contributed by atoms with van der Waals surface area (Å²) in [5.74, 6) is 0.585. The van der Waals surface area contributed by atoms with Crippen molar-refractivity contribution in [3.63, 3.8) is 0 Å². The minimum absolute atomic E-state index is 0.0583. The molecule has 1 aliphatic heterocycles. The molecule has 5 heteroatoms. The standard InChI is InChI=1S/C21H29N3O2/c1-16(2)12-18-13-20(23(3)22-18)21(25)24-11-7-10-19(14-24)26-15-17-8-5-4-6-9-17/h4-6,8-9,13,16,19H,7,10-12,14-15H2,1-3H3/t19-/m1/s1. The maximum absolute atomic E-state index is 12.9. The SMILES string of the molecule is CC(C)Cc1cc(C(=O)N2CCC[C@@H](OCc3ccccc3)C2)n(C)n1. The quantitative estimate of drug-likeness (QED) is 0.797. The minimum atomic E-state index is 0.0583. The Labute approximate surface area is 156 Å². The predicted octanol–water partition coefficient (Wildman–Crippen LogP) is 3.44. The van der Waals surface area contributed by atoms with Gasteiger partial charge < -0.3 is 9.64 Å². The number of hydrogen-bond acceptors (Lipinski definition) is 3. The van der Waals surface area contributed by atoms with E-state index in [0.29, 0.717) is 24.8 Å². The van der Waals surface area contributed by atoms with Gasteiger partial charge in [-0.25, -0.2) is 0 Å². The Morgan fingerprint density at radius 3 is 2.81 bits per heavy atom. The number of likely N-dealkylation sites (tertiary alicyclic amines) is 1. The Morgan fingerprint density at radius 2 is 2.08 bits per heavy atom. The van der Waals surface area contributed by atoms with Gasteiger partial charge in [-0.2, -0.15) is 5.10 Å². The van der Waals surface area contributed by atoms with Gasteiger partial charge in [-0.3, -0.25) is 9.48 Å². The molecule has 0 saturated carbocycles. The van der Waals surface area contributed by atoms with E-state index in [0.717, 1.165) is 31.5 Å². The lowest BCUT2D eigenvalue weighted by atomic mass is 10.1. The van der Waals surface area contributed by atoms with Crippen molar-refractivity contribution in [1.82, 2.24) is 14.7 Å². The van der Waals surface area contributed by atoms with Crippen LogP contribution in [-0.4, -0.2) is 39.8 Å². The van der Waals surface area contributed by atoms with Crippen LogP contribution in [-0.2, 0) is 24.8 Å². The van der Waals surface area contributed by atoms with Gasteiger partial charge in [-0.1, -0.05) is 44.2 Å². The lowest BCUT2D eigenvalue weighted by Crippen LogP contribution is -2.43. The summed E-state index contributed by atoms with van der Waals surface area (Å²) in [6, 6.07) is 12.1. The number of aromatic nitrogens is 2. The van der Waals surface area contributed by atoms with Crippen molar-refractivity contribution >= 4 is 5.91 Å². The normalized spacial score (nSPS) is 17.7. The molecule has 26 heavy (non-hydrogen) atoms. The van der Waals surface area contributed by atoms with Gasteiger partial charge in [-0.05, 0) is 36.8 Å². The summed E-state index contributed by atoms with van der Waals surface area (Å²) in [4.78, 5) is 14.9. The van der Waals surface area contributed by atoms with Crippen LogP contribution in [0.1, 0.15) is 48.4 Å². The van der Waals surface area contributed by atoms with E-state index in [4.69, 9.17) is 4.74 Å². The summed E-state index contributed by atoms with van der Waals surface area (Å²) in [5.41, 5.74) is 2.82. The number of nitrogens with zero attached hydrogens (tertiary/aromatic N) is 3. The Hall–Kier alpha value is -2.14. The second kappa shape index (κ2) is 8.49. The first-order chi connectivity index (χ1) is 12.5. The maximum atomic E-state index is 12.9. The Bertz CT molecular complexity index is 724. The lowest BCUT2D eigenvalue weighted by molar-refractivity contribution is -0.00702. The third-order valence-corrected chi connectivity index (χ3v) is 4.76. The summed E-state index contributed by atoms with van der Waals surface area (Å²) in [5, 5.41) is 4.50. The average molecular weight is 355 g/mol. The van der Waals surface area contributed by atoms with E-state index >= 15 is 0 Å². The third-order valence-electron chi connectivity index (χ3n) is 4.76. The van der Waals surface area contributed by atoms with Crippen molar-refractivity contribution in [1.29, 1.82) is 0 Å². The largest absolute Gasteiger partial charge is 0.372 e. The summed E-state index contributed by atoms with van der Waals surface area (Å²) in [7, 11) is 1.85. The summed E-state index contributed by atoms with van der Waals surface area (Å²) >= 11 is 0. The van der Waals surface area contributed by atoms with Crippen molar-refractivity contribution < 1.29 is 9.53 Å². The van der Waals surface area contributed by atoms with E-state index in [1.165, 1.54) is 5.56 Å². The topological polar surface area (TPSA) is 47.4 Å². The van der Waals surface area contributed by atoms with Crippen LogP contribution in [0.5, 0.6) is 0 Å². The zero-order chi connectivity index (χ0) is 18.5. The molecule has 1 fully saturated rings. The molecule has 1 atom stereocenters. The highest BCUT2D eigenvalue weighted by Crippen LogP contribution is 2.18. The van der Waals surface area contributed by atoms with E-state index in [-0.39, 0.29) is 12.0 Å². The first-order valence-electron chi connectivity index (χ1n) is 9.50. The number of amides is 1. The van der Waals surface area contributed by atoms with Gasteiger partial charge in [-0.15, -0.1) is 0 Å². The number of ether oxygens (including phenoxy) is 1. The molecule has 1 aliphatic rings. The lowest BCUT2D eigenvalue weighted by Gasteiger charge is -2.32. The molecule has 1 aromatic carbocycles. The molecule has 0 spiro atoms. The van der Waals surface area contributed by atoms with Gasteiger partial charge >= 0.3 is 0 Å². The highest BCUT2D eigenvalue weighted by atomic mass is 16.5. The Balaban J connectivity index is 1.60. The fourth-order valence-electron chi connectivity index (χ4n) is 3.45. The summed E-state index contributed by atoms with van der Waals surface area (Å²) in [6.45, 7) is 6.35. The Kier molecular flexibility index (Phi) is 6.09. The van der Waals surface area contributed by atoms with Crippen LogP contribution in [0.2, 0.25) is 0 Å². The molecule has 1 saturated heterocycles. The molecule has 5 nitrogen and oxygen atoms in total. The van der Waals surface area contributed by atoms with Gasteiger partial charge in [0, 0.05) is 20.1 Å². The number of rotatable bonds is 6. The number of aryl methyl sites for hydroxylation is 1. The molecule has 2 heterocycles. The molecule has 1 amide bonds. The van der Waals surface area contributed by atoms with Crippen molar-refractivity contribution in [2.24, 2.45) is 13.0 Å². The maximum Gasteiger partial charge on any atom is 0.272 e. The molecule has 1 aromatic heterocycles. The van der Waals surface area contributed by atoms with Crippen molar-refractivity contribution in [3.8, 4) is 0 Å². The zero-order valence-electron chi connectivity index (χ0n) is 16.0. The first-order valence-corrected chi connectivity index (χ1v) is 9.50. The number of carbonyl (C=O) groups is 1. The highest BCUT2D eigenvalue weighted by Gasteiger charge is 2.27. The number of piperidine rings is 1. The van der Waals surface area contributed by atoms with Crippen molar-refractivity contribution in [2.45, 2.75) is 45.8 Å². The van der Waals surface area contributed by atoms with Crippen LogP contribution >= 0.6 is 0 Å². The van der Waals surface area contributed by atoms with E-state index in [1.54, 1.807) is 4.68 Å². The monoisotopic (exact) mass is 355 g/mol. The smallest absolute Gasteiger partial charge is 0.272 e. The number of carbonyl (C=O) groups excluding carboxylic acids is 1. The molecule has 0 aliphatic carbocycles. The number of benzene rings is 1. The van der Waals surface area contributed by atoms with E-state index in [2.05, 4.69) is 31.1 Å². The first kappa shape index (κ1) is 18.6. The molecule has 0 unspecified atom stereocenters. The van der Waals surface area contributed by atoms with Crippen LogP contribution in [0, 0.1) is 5.92 Å². The predicted molar refractivity (Wildman–Crippen MR) is 102 cm³/mol. The van der Waals surface area contributed by atoms with Gasteiger partial charge in [0.25, 0.3) is 5.91 Å². The van der Waals surface area contributed by atoms with Crippen LogP contribution in [0.3, 0.4) is 0 Å². The molecule has 140 valence electrons. The van der Waals surface area contributed by atoms with Crippen molar-refractivity contribution in [3.05, 3.63) is 53.3 Å². The molecule has 0 radical (unpaired) electrons. The second-order valence-corrected chi connectivity index (χ2v) is 7.55. The van der Waals surface area contributed by atoms with Gasteiger partial charge in [0.2, 0.25) is 0 Å². The fraction of sp³-hybridized carbons (Fsp3) is 0.524. The highest BCUT2D eigenvalue weighted by molar-refractivity contribution is 5.92. The summed E-state index contributed by atoms with van der Waals surface area (Å²) in [6.07, 6.45) is 2.96. The molecule has 0 N–H and O–H groups in total. The van der Waals surface area contributed by atoms with Gasteiger partial charge in [0.15, 0.2) is 0 Å². The molecule has 3 rings (SSSR count). The average Bonchev–Trinajstić information content (AvgIpc) is 3.00. The number of hydrogen-bond donors (Lipinski definition) is 0.